The van der Waals surface area contributed by atoms with Crippen LogP contribution in [0.1, 0.15) is 46.6 Å². The summed E-state index contributed by atoms with van der Waals surface area (Å²) in [6, 6.07) is 5.75. The summed E-state index contributed by atoms with van der Waals surface area (Å²) in [6.07, 6.45) is 0.0791. The van der Waals surface area contributed by atoms with Gasteiger partial charge in [-0.1, -0.05) is 19.1 Å². The molecule has 1 aromatic rings. The number of hydrogen-bond acceptors (Lipinski definition) is 5. The van der Waals surface area contributed by atoms with E-state index >= 15 is 0 Å². The number of esters is 1. The van der Waals surface area contributed by atoms with Crippen LogP contribution >= 0.6 is 0 Å². The zero-order chi connectivity index (χ0) is 20.7. The lowest BCUT2D eigenvalue weighted by molar-refractivity contribution is -0.160. The number of halogens is 1. The summed E-state index contributed by atoms with van der Waals surface area (Å²) < 4.78 is 29.2. The molecule has 27 heavy (non-hydrogen) atoms. The topological polar surface area (TPSA) is 65.1 Å². The van der Waals surface area contributed by atoms with Gasteiger partial charge in [-0.05, 0) is 51.8 Å². The molecule has 1 aromatic carbocycles. The average Bonchev–Trinajstić information content (AvgIpc) is 2.57. The van der Waals surface area contributed by atoms with Crippen molar-refractivity contribution in [1.82, 2.24) is 4.90 Å². The fraction of sp³-hybridized carbons (Fsp3) is 0.600. The minimum atomic E-state index is -1.38. The fourth-order valence-corrected chi connectivity index (χ4v) is 2.47. The zero-order valence-electron chi connectivity index (χ0n) is 17.0. The second-order valence-electron chi connectivity index (χ2n) is 7.54. The third-order valence-electron chi connectivity index (χ3n) is 3.81. The van der Waals surface area contributed by atoms with E-state index in [1.54, 1.807) is 39.8 Å². The predicted octanol–water partition coefficient (Wildman–Crippen LogP) is 3.92. The Morgan fingerprint density at radius 3 is 2.19 bits per heavy atom. The number of hydrogen-bond donors (Lipinski definition) is 0. The maximum Gasteiger partial charge on any atom is 0.413 e. The Bertz CT molecular complexity index is 626. The Kier molecular flexibility index (Phi) is 8.21. The van der Waals surface area contributed by atoms with Crippen molar-refractivity contribution in [3.8, 4) is 0 Å². The van der Waals surface area contributed by atoms with Crippen molar-refractivity contribution >= 4 is 12.1 Å². The zero-order valence-corrected chi connectivity index (χ0v) is 17.0. The number of nitrogens with zero attached hydrogens (tertiary/aromatic N) is 1. The van der Waals surface area contributed by atoms with Crippen molar-refractivity contribution in [2.45, 2.75) is 58.6 Å². The molecule has 0 saturated heterocycles. The minimum Gasteiger partial charge on any atom is -0.464 e. The van der Waals surface area contributed by atoms with Gasteiger partial charge in [-0.2, -0.15) is 0 Å². The molecule has 0 aromatic heterocycles. The second-order valence-corrected chi connectivity index (χ2v) is 7.54. The molecule has 1 amide bonds. The first kappa shape index (κ1) is 22.9. The number of methoxy groups -OCH3 is 1. The molecule has 0 aliphatic heterocycles. The van der Waals surface area contributed by atoms with Crippen LogP contribution in [0.25, 0.3) is 0 Å². The Morgan fingerprint density at radius 2 is 1.70 bits per heavy atom. The number of amides is 1. The van der Waals surface area contributed by atoms with Gasteiger partial charge in [0.2, 0.25) is 0 Å². The normalized spacial score (nSPS) is 13.6. The molecule has 0 aliphatic carbocycles. The summed E-state index contributed by atoms with van der Waals surface area (Å²) in [5.74, 6) is -0.952. The summed E-state index contributed by atoms with van der Waals surface area (Å²) in [4.78, 5) is 26.9. The number of benzene rings is 1. The van der Waals surface area contributed by atoms with Crippen LogP contribution in [0.15, 0.2) is 24.3 Å². The first-order chi connectivity index (χ1) is 12.5. The first-order valence-corrected chi connectivity index (χ1v) is 8.94. The lowest BCUT2D eigenvalue weighted by Gasteiger charge is -2.39. The van der Waals surface area contributed by atoms with Crippen LogP contribution in [0.4, 0.5) is 9.18 Å². The van der Waals surface area contributed by atoms with E-state index in [4.69, 9.17) is 14.2 Å². The summed E-state index contributed by atoms with van der Waals surface area (Å²) in [7, 11) is 1.42. The van der Waals surface area contributed by atoms with Gasteiger partial charge in [0.25, 0.3) is 0 Å². The van der Waals surface area contributed by atoms with Crippen molar-refractivity contribution in [3.63, 3.8) is 0 Å². The summed E-state index contributed by atoms with van der Waals surface area (Å²) >= 11 is 0. The lowest BCUT2D eigenvalue weighted by Crippen LogP contribution is -2.58. The third kappa shape index (κ3) is 6.82. The van der Waals surface area contributed by atoms with Gasteiger partial charge in [0.05, 0.1) is 6.61 Å². The van der Waals surface area contributed by atoms with Gasteiger partial charge in [0.15, 0.2) is 0 Å². The molecule has 6 nitrogen and oxygen atoms in total. The van der Waals surface area contributed by atoms with E-state index < -0.39 is 23.2 Å². The minimum absolute atomic E-state index is 0.123. The number of rotatable bonds is 8. The Morgan fingerprint density at radius 1 is 1.11 bits per heavy atom. The summed E-state index contributed by atoms with van der Waals surface area (Å²) in [5, 5.41) is 0. The van der Waals surface area contributed by atoms with Gasteiger partial charge in [-0.25, -0.2) is 14.0 Å². The van der Waals surface area contributed by atoms with E-state index in [9.17, 15) is 14.0 Å². The molecule has 7 heteroatoms. The summed E-state index contributed by atoms with van der Waals surface area (Å²) in [6.45, 7) is 8.76. The standard InChI is InChI=1S/C20H30FNO5/c1-7-12-26-17(23)20(5,13-15-8-10-16(21)11-9-15)22(14-25-6)18(24)27-19(2,3)4/h8-11H,7,12-14H2,1-6H3/t20-/m0/s1. The van der Waals surface area contributed by atoms with Crippen LogP contribution in [-0.4, -0.2) is 48.5 Å². The Labute approximate surface area is 160 Å². The van der Waals surface area contributed by atoms with Crippen LogP contribution < -0.4 is 0 Å². The molecule has 0 radical (unpaired) electrons. The average molecular weight is 383 g/mol. The molecule has 0 aliphatic rings. The number of ether oxygens (including phenoxy) is 3. The fourth-order valence-electron chi connectivity index (χ4n) is 2.47. The number of carbonyl (C=O) groups excluding carboxylic acids is 2. The van der Waals surface area contributed by atoms with Crippen LogP contribution in [0, 0.1) is 5.82 Å². The maximum atomic E-state index is 13.2. The van der Waals surface area contributed by atoms with E-state index in [0.717, 1.165) is 0 Å². The highest BCUT2D eigenvalue weighted by Crippen LogP contribution is 2.26. The maximum absolute atomic E-state index is 13.2. The van der Waals surface area contributed by atoms with Crippen LogP contribution in [0.2, 0.25) is 0 Å². The van der Waals surface area contributed by atoms with Crippen LogP contribution in [-0.2, 0) is 25.4 Å². The van der Waals surface area contributed by atoms with Gasteiger partial charge >= 0.3 is 12.1 Å². The Hall–Kier alpha value is -2.15. The predicted molar refractivity (Wildman–Crippen MR) is 99.7 cm³/mol. The van der Waals surface area contributed by atoms with Gasteiger partial charge in [0.1, 0.15) is 23.7 Å². The van der Waals surface area contributed by atoms with E-state index in [-0.39, 0.29) is 25.6 Å². The molecular formula is C20H30FNO5. The van der Waals surface area contributed by atoms with Crippen molar-refractivity contribution in [2.24, 2.45) is 0 Å². The molecule has 0 unspecified atom stereocenters. The van der Waals surface area contributed by atoms with Gasteiger partial charge in [0, 0.05) is 13.5 Å². The first-order valence-electron chi connectivity index (χ1n) is 8.94. The van der Waals surface area contributed by atoms with E-state index in [2.05, 4.69) is 0 Å². The summed E-state index contributed by atoms with van der Waals surface area (Å²) in [5.41, 5.74) is -1.45. The van der Waals surface area contributed by atoms with Gasteiger partial charge < -0.3 is 14.2 Å². The number of carbonyl (C=O) groups is 2. The third-order valence-corrected chi connectivity index (χ3v) is 3.81. The van der Waals surface area contributed by atoms with Crippen LogP contribution in [0.3, 0.4) is 0 Å². The quantitative estimate of drug-likeness (QED) is 0.503. The molecule has 0 heterocycles. The van der Waals surface area contributed by atoms with E-state index in [0.29, 0.717) is 12.0 Å². The van der Waals surface area contributed by atoms with Crippen molar-refractivity contribution in [3.05, 3.63) is 35.6 Å². The monoisotopic (exact) mass is 383 g/mol. The van der Waals surface area contributed by atoms with Gasteiger partial charge in [-0.15, -0.1) is 0 Å². The smallest absolute Gasteiger partial charge is 0.413 e. The molecule has 0 N–H and O–H groups in total. The molecule has 0 fully saturated rings. The molecule has 1 rings (SSSR count). The highest BCUT2D eigenvalue weighted by Gasteiger charge is 2.45. The van der Waals surface area contributed by atoms with Crippen molar-refractivity contribution in [1.29, 1.82) is 0 Å². The molecular weight excluding hydrogens is 353 g/mol. The van der Waals surface area contributed by atoms with Crippen molar-refractivity contribution in [2.75, 3.05) is 20.4 Å². The second kappa shape index (κ2) is 9.69. The molecule has 152 valence electrons. The highest BCUT2D eigenvalue weighted by atomic mass is 19.1. The SMILES string of the molecule is CCCOC(=O)[C@](C)(Cc1ccc(F)cc1)N(COC)C(=O)OC(C)(C)C. The van der Waals surface area contributed by atoms with Crippen molar-refractivity contribution < 1.29 is 28.2 Å². The van der Waals surface area contributed by atoms with Gasteiger partial charge in [-0.3, -0.25) is 4.90 Å². The highest BCUT2D eigenvalue weighted by molar-refractivity contribution is 5.86. The molecule has 0 saturated carbocycles. The largest absolute Gasteiger partial charge is 0.464 e. The van der Waals surface area contributed by atoms with E-state index in [1.807, 2.05) is 6.92 Å². The van der Waals surface area contributed by atoms with Crippen LogP contribution in [0.5, 0.6) is 0 Å². The lowest BCUT2D eigenvalue weighted by atomic mass is 9.91. The van der Waals surface area contributed by atoms with E-state index in [1.165, 1.54) is 24.1 Å². The Balaban J connectivity index is 3.26. The molecule has 1 atom stereocenters. The molecule has 0 spiro atoms. The molecule has 0 bridgehead atoms.